The van der Waals surface area contributed by atoms with Gasteiger partial charge < -0.3 is 9.64 Å². The third kappa shape index (κ3) is 3.25. The molecule has 1 aromatic rings. The summed E-state index contributed by atoms with van der Waals surface area (Å²) in [6.45, 7) is 7.93. The molecule has 2 amide bonds. The van der Waals surface area contributed by atoms with Crippen molar-refractivity contribution in [3.8, 4) is 5.75 Å². The number of para-hydroxylation sites is 2. The molecule has 1 saturated heterocycles. The zero-order valence-corrected chi connectivity index (χ0v) is 14.7. The maximum atomic E-state index is 12.8. The van der Waals surface area contributed by atoms with E-state index in [9.17, 15) is 9.59 Å². The molecule has 2 aliphatic heterocycles. The first-order chi connectivity index (χ1) is 11.5. The van der Waals surface area contributed by atoms with Crippen molar-refractivity contribution in [2.75, 3.05) is 24.5 Å². The lowest BCUT2D eigenvalue weighted by Crippen LogP contribution is -2.52. The fraction of sp³-hybridized carbons (Fsp3) is 0.579. The molecule has 0 saturated carbocycles. The van der Waals surface area contributed by atoms with E-state index in [1.807, 2.05) is 36.1 Å². The van der Waals surface area contributed by atoms with Gasteiger partial charge in [-0.05, 0) is 36.8 Å². The number of hydrogen-bond donors (Lipinski definition) is 0. The molecule has 3 rings (SSSR count). The number of anilines is 1. The molecular formula is C19H26N2O3. The number of benzene rings is 1. The van der Waals surface area contributed by atoms with Gasteiger partial charge in [0.1, 0.15) is 12.3 Å². The van der Waals surface area contributed by atoms with Gasteiger partial charge in [0.05, 0.1) is 5.69 Å². The summed E-state index contributed by atoms with van der Waals surface area (Å²) in [5.41, 5.74) is 0.693. The van der Waals surface area contributed by atoms with Crippen LogP contribution >= 0.6 is 0 Å². The number of carbonyl (C=O) groups excluding carboxylic acids is 2. The molecule has 1 fully saturated rings. The van der Waals surface area contributed by atoms with Crippen LogP contribution in [0.3, 0.4) is 0 Å². The minimum Gasteiger partial charge on any atom is -0.478 e. The third-order valence-corrected chi connectivity index (χ3v) is 4.85. The van der Waals surface area contributed by atoms with Gasteiger partial charge in [-0.2, -0.15) is 0 Å². The van der Waals surface area contributed by atoms with Gasteiger partial charge in [-0.3, -0.25) is 14.5 Å². The van der Waals surface area contributed by atoms with Crippen molar-refractivity contribution in [1.82, 2.24) is 4.90 Å². The Morgan fingerprint density at radius 2 is 1.88 bits per heavy atom. The van der Waals surface area contributed by atoms with E-state index in [1.54, 1.807) is 4.90 Å². The summed E-state index contributed by atoms with van der Waals surface area (Å²) in [6, 6.07) is 7.44. The molecule has 0 radical (unpaired) electrons. The van der Waals surface area contributed by atoms with Crippen molar-refractivity contribution >= 4 is 17.5 Å². The first-order valence-electron chi connectivity index (χ1n) is 8.84. The van der Waals surface area contributed by atoms with Crippen LogP contribution in [0.2, 0.25) is 0 Å². The highest BCUT2D eigenvalue weighted by atomic mass is 16.5. The van der Waals surface area contributed by atoms with Crippen LogP contribution in [0.5, 0.6) is 5.75 Å². The molecule has 0 spiro atoms. The lowest BCUT2D eigenvalue weighted by molar-refractivity contribution is -0.135. The highest BCUT2D eigenvalue weighted by Gasteiger charge is 2.35. The average molecular weight is 330 g/mol. The van der Waals surface area contributed by atoms with E-state index in [-0.39, 0.29) is 18.4 Å². The zero-order valence-electron chi connectivity index (χ0n) is 14.7. The van der Waals surface area contributed by atoms with Crippen LogP contribution in [0.15, 0.2) is 24.3 Å². The Hall–Kier alpha value is -2.04. The van der Waals surface area contributed by atoms with Crippen LogP contribution in [0.25, 0.3) is 0 Å². The summed E-state index contributed by atoms with van der Waals surface area (Å²) in [5, 5.41) is 0. The van der Waals surface area contributed by atoms with Crippen LogP contribution in [0, 0.1) is 11.8 Å². The van der Waals surface area contributed by atoms with Gasteiger partial charge in [-0.1, -0.05) is 32.9 Å². The predicted octanol–water partition coefficient (Wildman–Crippen LogP) is 2.70. The minimum atomic E-state index is -0.507. The smallest absolute Gasteiger partial charge is 0.268 e. The van der Waals surface area contributed by atoms with Gasteiger partial charge >= 0.3 is 0 Å². The highest BCUT2D eigenvalue weighted by Crippen LogP contribution is 2.34. The minimum absolute atomic E-state index is 0.0216. The van der Waals surface area contributed by atoms with E-state index in [1.165, 1.54) is 0 Å². The van der Waals surface area contributed by atoms with Gasteiger partial charge in [0, 0.05) is 13.1 Å². The van der Waals surface area contributed by atoms with E-state index < -0.39 is 6.10 Å². The number of likely N-dealkylation sites (tertiary alicyclic amines) is 1. The second-order valence-corrected chi connectivity index (χ2v) is 7.15. The van der Waals surface area contributed by atoms with E-state index in [0.29, 0.717) is 29.7 Å². The average Bonchev–Trinajstić information content (AvgIpc) is 2.56. The molecule has 5 nitrogen and oxygen atoms in total. The van der Waals surface area contributed by atoms with E-state index >= 15 is 0 Å². The number of nitrogens with zero attached hydrogens (tertiary/aromatic N) is 2. The number of amides is 2. The van der Waals surface area contributed by atoms with Gasteiger partial charge in [-0.15, -0.1) is 0 Å². The summed E-state index contributed by atoms with van der Waals surface area (Å²) in [7, 11) is 0. The second-order valence-electron chi connectivity index (χ2n) is 7.15. The summed E-state index contributed by atoms with van der Waals surface area (Å²) in [5.74, 6) is 1.59. The molecule has 2 heterocycles. The van der Waals surface area contributed by atoms with Crippen molar-refractivity contribution in [1.29, 1.82) is 0 Å². The van der Waals surface area contributed by atoms with Crippen LogP contribution in [0.4, 0.5) is 5.69 Å². The Labute approximate surface area is 143 Å². The number of carbonyl (C=O) groups is 2. The molecular weight excluding hydrogens is 304 g/mol. The summed E-state index contributed by atoms with van der Waals surface area (Å²) < 4.78 is 5.77. The number of fused-ring (bicyclic) bond motifs is 1. The molecule has 5 heteroatoms. The van der Waals surface area contributed by atoms with Crippen LogP contribution in [-0.4, -0.2) is 42.5 Å². The standard InChI is InChI=1S/C19H26N2O3/c1-4-16-19(23)21(15-7-5-6-8-17(15)24-16)12-18(22)20-10-13(2)9-14(3)11-20/h5-8,13-14,16H,4,9-12H2,1-3H3/t13-,14+,16-/m0/s1. The van der Waals surface area contributed by atoms with Crippen molar-refractivity contribution < 1.29 is 14.3 Å². The van der Waals surface area contributed by atoms with Gasteiger partial charge in [0.25, 0.3) is 5.91 Å². The van der Waals surface area contributed by atoms with Crippen molar-refractivity contribution in [3.05, 3.63) is 24.3 Å². The largest absolute Gasteiger partial charge is 0.478 e. The number of ether oxygens (including phenoxy) is 1. The van der Waals surface area contributed by atoms with Gasteiger partial charge in [0.15, 0.2) is 6.10 Å². The molecule has 24 heavy (non-hydrogen) atoms. The van der Waals surface area contributed by atoms with Crippen LogP contribution in [-0.2, 0) is 9.59 Å². The summed E-state index contributed by atoms with van der Waals surface area (Å²) in [6.07, 6.45) is 1.24. The predicted molar refractivity (Wildman–Crippen MR) is 93.0 cm³/mol. The lowest BCUT2D eigenvalue weighted by atomic mass is 9.92. The van der Waals surface area contributed by atoms with Crippen LogP contribution < -0.4 is 9.64 Å². The molecule has 3 atom stereocenters. The summed E-state index contributed by atoms with van der Waals surface area (Å²) in [4.78, 5) is 29.0. The Bertz CT molecular complexity index is 621. The molecule has 0 unspecified atom stereocenters. The molecule has 0 aliphatic carbocycles. The van der Waals surface area contributed by atoms with Crippen molar-refractivity contribution in [2.24, 2.45) is 11.8 Å². The number of hydrogen-bond acceptors (Lipinski definition) is 3. The maximum Gasteiger partial charge on any atom is 0.268 e. The second kappa shape index (κ2) is 6.83. The maximum absolute atomic E-state index is 12.8. The van der Waals surface area contributed by atoms with E-state index in [0.717, 1.165) is 19.5 Å². The Kier molecular flexibility index (Phi) is 4.78. The normalized spacial score (nSPS) is 26.8. The van der Waals surface area contributed by atoms with Crippen LogP contribution in [0.1, 0.15) is 33.6 Å². The fourth-order valence-electron chi connectivity index (χ4n) is 3.80. The molecule has 0 bridgehead atoms. The Morgan fingerprint density at radius 1 is 1.21 bits per heavy atom. The number of rotatable bonds is 3. The molecule has 2 aliphatic rings. The summed E-state index contributed by atoms with van der Waals surface area (Å²) >= 11 is 0. The molecule has 1 aromatic carbocycles. The first-order valence-corrected chi connectivity index (χ1v) is 8.84. The molecule has 0 N–H and O–H groups in total. The Morgan fingerprint density at radius 3 is 2.54 bits per heavy atom. The van der Waals surface area contributed by atoms with Crippen molar-refractivity contribution in [2.45, 2.75) is 39.7 Å². The molecule has 130 valence electrons. The van der Waals surface area contributed by atoms with Gasteiger partial charge in [-0.25, -0.2) is 0 Å². The quantitative estimate of drug-likeness (QED) is 0.856. The Balaban J connectivity index is 1.80. The topological polar surface area (TPSA) is 49.9 Å². The monoisotopic (exact) mass is 330 g/mol. The zero-order chi connectivity index (χ0) is 17.3. The first kappa shape index (κ1) is 16.8. The van der Waals surface area contributed by atoms with Gasteiger partial charge in [0.2, 0.25) is 5.91 Å². The van der Waals surface area contributed by atoms with E-state index in [4.69, 9.17) is 4.74 Å². The lowest BCUT2D eigenvalue weighted by Gasteiger charge is -2.38. The highest BCUT2D eigenvalue weighted by molar-refractivity contribution is 6.03. The SMILES string of the molecule is CC[C@@H]1Oc2ccccc2N(CC(=O)N2C[C@H](C)C[C@H](C)C2)C1=O. The molecule has 0 aromatic heterocycles. The third-order valence-electron chi connectivity index (χ3n) is 4.85. The van der Waals surface area contributed by atoms with Crippen molar-refractivity contribution in [3.63, 3.8) is 0 Å². The number of piperidine rings is 1. The fourth-order valence-corrected chi connectivity index (χ4v) is 3.80. The van der Waals surface area contributed by atoms with E-state index in [2.05, 4.69) is 13.8 Å².